The summed E-state index contributed by atoms with van der Waals surface area (Å²) in [6.45, 7) is 1.73. The lowest BCUT2D eigenvalue weighted by Gasteiger charge is -2.35. The molecule has 2 aliphatic heterocycles. The number of hydrogen-bond donors (Lipinski definition) is 0. The molecule has 0 aromatic heterocycles. The van der Waals surface area contributed by atoms with Gasteiger partial charge in [-0.05, 0) is 25.0 Å². The van der Waals surface area contributed by atoms with E-state index in [1.54, 1.807) is 6.07 Å². The molecule has 1 aromatic rings. The SMILES string of the molecule is COc1ccc(S(=O)(=O)N2CCN(CN3C(=O)CC4(CCCC4)C3=O)CC2)cc1OC. The Bertz CT molecular complexity index is 965. The Morgan fingerprint density at radius 2 is 1.61 bits per heavy atom. The first-order valence-corrected chi connectivity index (χ1v) is 12.0. The van der Waals surface area contributed by atoms with Gasteiger partial charge < -0.3 is 9.47 Å². The minimum Gasteiger partial charge on any atom is -0.493 e. The van der Waals surface area contributed by atoms with Gasteiger partial charge in [-0.25, -0.2) is 8.42 Å². The van der Waals surface area contributed by atoms with Crippen LogP contribution in [0.3, 0.4) is 0 Å². The number of rotatable bonds is 6. The van der Waals surface area contributed by atoms with Crippen LogP contribution in [0, 0.1) is 5.41 Å². The number of amides is 2. The molecule has 170 valence electrons. The van der Waals surface area contributed by atoms with E-state index in [2.05, 4.69) is 0 Å². The average Bonchev–Trinajstić information content (AvgIpc) is 3.34. The third-order valence-corrected chi connectivity index (χ3v) is 8.61. The van der Waals surface area contributed by atoms with E-state index in [4.69, 9.17) is 9.47 Å². The standard InChI is InChI=1S/C21H29N3O6S/c1-29-17-6-5-16(13-18(17)30-2)31(27,28)23-11-9-22(10-12-23)15-24-19(25)14-21(20(24)26)7-3-4-8-21/h5-6,13H,3-4,7-12,14-15H2,1-2H3. The van der Waals surface area contributed by atoms with Crippen molar-refractivity contribution in [1.82, 2.24) is 14.1 Å². The second-order valence-corrected chi connectivity index (χ2v) is 10.4. The molecule has 0 radical (unpaired) electrons. The maximum atomic E-state index is 13.1. The second kappa shape index (κ2) is 8.40. The number of likely N-dealkylation sites (tertiary alicyclic amines) is 1. The van der Waals surface area contributed by atoms with E-state index >= 15 is 0 Å². The Labute approximate surface area is 182 Å². The molecular formula is C21H29N3O6S. The number of piperazine rings is 1. The molecular weight excluding hydrogens is 422 g/mol. The number of sulfonamides is 1. The van der Waals surface area contributed by atoms with Gasteiger partial charge in [0.2, 0.25) is 21.8 Å². The zero-order valence-corrected chi connectivity index (χ0v) is 18.8. The second-order valence-electron chi connectivity index (χ2n) is 8.47. The number of methoxy groups -OCH3 is 2. The Morgan fingerprint density at radius 3 is 2.23 bits per heavy atom. The van der Waals surface area contributed by atoms with E-state index in [-0.39, 0.29) is 36.5 Å². The van der Waals surface area contributed by atoms with Crippen LogP contribution in [0.5, 0.6) is 11.5 Å². The molecule has 0 bridgehead atoms. The lowest BCUT2D eigenvalue weighted by Crippen LogP contribution is -2.52. The summed E-state index contributed by atoms with van der Waals surface area (Å²) in [4.78, 5) is 28.9. The predicted octanol–water partition coefficient (Wildman–Crippen LogP) is 1.29. The number of benzene rings is 1. The van der Waals surface area contributed by atoms with Gasteiger partial charge in [-0.1, -0.05) is 12.8 Å². The highest BCUT2D eigenvalue weighted by atomic mass is 32.2. The maximum absolute atomic E-state index is 13.1. The molecule has 4 rings (SSSR count). The van der Waals surface area contributed by atoms with Crippen molar-refractivity contribution in [2.45, 2.75) is 37.0 Å². The zero-order valence-electron chi connectivity index (χ0n) is 18.0. The Kier molecular flexibility index (Phi) is 5.97. The van der Waals surface area contributed by atoms with Crippen molar-refractivity contribution in [2.75, 3.05) is 47.1 Å². The van der Waals surface area contributed by atoms with E-state index < -0.39 is 15.4 Å². The monoisotopic (exact) mass is 451 g/mol. The van der Waals surface area contributed by atoms with Gasteiger partial charge in [0.05, 0.1) is 31.2 Å². The average molecular weight is 452 g/mol. The normalized spacial score (nSPS) is 22.5. The van der Waals surface area contributed by atoms with Crippen molar-refractivity contribution < 1.29 is 27.5 Å². The van der Waals surface area contributed by atoms with Crippen molar-refractivity contribution in [3.63, 3.8) is 0 Å². The van der Waals surface area contributed by atoms with Crippen LogP contribution in [0.1, 0.15) is 32.1 Å². The van der Waals surface area contributed by atoms with Crippen molar-refractivity contribution in [3.8, 4) is 11.5 Å². The number of ether oxygens (including phenoxy) is 2. The maximum Gasteiger partial charge on any atom is 0.243 e. The van der Waals surface area contributed by atoms with Gasteiger partial charge in [0.25, 0.3) is 0 Å². The summed E-state index contributed by atoms with van der Waals surface area (Å²) in [5, 5.41) is 0. The molecule has 1 saturated carbocycles. The lowest BCUT2D eigenvalue weighted by molar-refractivity contribution is -0.144. The molecule has 0 unspecified atom stereocenters. The minimum absolute atomic E-state index is 0.0459. The summed E-state index contributed by atoms with van der Waals surface area (Å²) in [5.41, 5.74) is -0.477. The molecule has 31 heavy (non-hydrogen) atoms. The van der Waals surface area contributed by atoms with Crippen LogP contribution >= 0.6 is 0 Å². The Morgan fingerprint density at radius 1 is 0.968 bits per heavy atom. The molecule has 10 heteroatoms. The molecule has 0 N–H and O–H groups in total. The van der Waals surface area contributed by atoms with Crippen LogP contribution in [-0.2, 0) is 19.6 Å². The molecule has 1 aromatic carbocycles. The van der Waals surface area contributed by atoms with Crippen molar-refractivity contribution in [1.29, 1.82) is 0 Å². The Hall–Kier alpha value is -2.17. The van der Waals surface area contributed by atoms with E-state index in [0.717, 1.165) is 25.7 Å². The van der Waals surface area contributed by atoms with E-state index in [1.807, 2.05) is 4.90 Å². The smallest absolute Gasteiger partial charge is 0.243 e. The molecule has 2 heterocycles. The molecule has 2 amide bonds. The zero-order chi connectivity index (χ0) is 22.2. The van der Waals surface area contributed by atoms with Crippen LogP contribution < -0.4 is 9.47 Å². The molecule has 0 atom stereocenters. The summed E-state index contributed by atoms with van der Waals surface area (Å²) in [6.07, 6.45) is 3.91. The highest BCUT2D eigenvalue weighted by Crippen LogP contribution is 2.46. The third kappa shape index (κ3) is 3.92. The van der Waals surface area contributed by atoms with Gasteiger partial charge in [-0.2, -0.15) is 4.31 Å². The van der Waals surface area contributed by atoms with Crippen molar-refractivity contribution in [2.24, 2.45) is 5.41 Å². The molecule has 1 aliphatic carbocycles. The van der Waals surface area contributed by atoms with Gasteiger partial charge >= 0.3 is 0 Å². The van der Waals surface area contributed by atoms with Gasteiger partial charge in [-0.3, -0.25) is 19.4 Å². The number of hydrogen-bond acceptors (Lipinski definition) is 7. The lowest BCUT2D eigenvalue weighted by atomic mass is 9.85. The van der Waals surface area contributed by atoms with Crippen LogP contribution in [0.25, 0.3) is 0 Å². The first-order valence-electron chi connectivity index (χ1n) is 10.6. The van der Waals surface area contributed by atoms with Gasteiger partial charge in [0, 0.05) is 38.7 Å². The Balaban J connectivity index is 1.39. The fraction of sp³-hybridized carbons (Fsp3) is 0.619. The van der Waals surface area contributed by atoms with Crippen LogP contribution in [0.2, 0.25) is 0 Å². The minimum atomic E-state index is -3.69. The number of nitrogens with zero attached hydrogens (tertiary/aromatic N) is 3. The summed E-state index contributed by atoms with van der Waals surface area (Å²) < 4.78 is 38.0. The number of imide groups is 1. The molecule has 3 aliphatic rings. The number of carbonyl (C=O) groups is 2. The molecule has 1 spiro atoms. The van der Waals surface area contributed by atoms with Crippen LogP contribution in [0.15, 0.2) is 23.1 Å². The van der Waals surface area contributed by atoms with Gasteiger partial charge in [-0.15, -0.1) is 0 Å². The molecule has 2 saturated heterocycles. The molecule has 9 nitrogen and oxygen atoms in total. The predicted molar refractivity (Wildman–Crippen MR) is 112 cm³/mol. The topological polar surface area (TPSA) is 96.5 Å². The first-order chi connectivity index (χ1) is 14.8. The number of carbonyl (C=O) groups excluding carboxylic acids is 2. The van der Waals surface area contributed by atoms with E-state index in [9.17, 15) is 18.0 Å². The quantitative estimate of drug-likeness (QED) is 0.601. The van der Waals surface area contributed by atoms with Gasteiger partial charge in [0.1, 0.15) is 0 Å². The fourth-order valence-electron chi connectivity index (χ4n) is 4.88. The van der Waals surface area contributed by atoms with Gasteiger partial charge in [0.15, 0.2) is 11.5 Å². The highest BCUT2D eigenvalue weighted by molar-refractivity contribution is 7.89. The van der Waals surface area contributed by atoms with Crippen molar-refractivity contribution >= 4 is 21.8 Å². The first kappa shape index (κ1) is 22.0. The summed E-state index contributed by atoms with van der Waals surface area (Å²) in [5.74, 6) is 0.669. The largest absolute Gasteiger partial charge is 0.493 e. The third-order valence-electron chi connectivity index (χ3n) is 6.72. The van der Waals surface area contributed by atoms with E-state index in [0.29, 0.717) is 31.0 Å². The summed E-state index contributed by atoms with van der Waals surface area (Å²) >= 11 is 0. The van der Waals surface area contributed by atoms with E-state index in [1.165, 1.54) is 35.6 Å². The molecule has 3 fully saturated rings. The van der Waals surface area contributed by atoms with Crippen LogP contribution in [0.4, 0.5) is 0 Å². The highest BCUT2D eigenvalue weighted by Gasteiger charge is 2.52. The summed E-state index contributed by atoms with van der Waals surface area (Å²) in [6, 6.07) is 4.54. The van der Waals surface area contributed by atoms with Crippen LogP contribution in [-0.4, -0.2) is 81.4 Å². The van der Waals surface area contributed by atoms with Crippen molar-refractivity contribution in [3.05, 3.63) is 18.2 Å². The summed E-state index contributed by atoms with van der Waals surface area (Å²) in [7, 11) is -0.729. The fourth-order valence-corrected chi connectivity index (χ4v) is 6.32.